The molecule has 3 amide bonds. The lowest BCUT2D eigenvalue weighted by Crippen LogP contribution is -3.15. The van der Waals surface area contributed by atoms with E-state index in [1.54, 1.807) is 0 Å². The molecular formula is C14H19F2N4O4S+. The van der Waals surface area contributed by atoms with E-state index in [-0.39, 0.29) is 32.7 Å². The number of rotatable bonds is 4. The van der Waals surface area contributed by atoms with Gasteiger partial charge in [-0.05, 0) is 12.1 Å². The molecule has 0 atom stereocenters. The van der Waals surface area contributed by atoms with Crippen LogP contribution in [0.5, 0.6) is 0 Å². The quantitative estimate of drug-likeness (QED) is 0.583. The summed E-state index contributed by atoms with van der Waals surface area (Å²) in [5.41, 5.74) is 0. The summed E-state index contributed by atoms with van der Waals surface area (Å²) in [4.78, 5) is 22.5. The number of imide groups is 1. The van der Waals surface area contributed by atoms with Gasteiger partial charge in [0.1, 0.15) is 11.6 Å². The van der Waals surface area contributed by atoms with Crippen LogP contribution in [0.25, 0.3) is 0 Å². The predicted octanol–water partition coefficient (Wildman–Crippen LogP) is -1.69. The first-order valence-corrected chi connectivity index (χ1v) is 8.99. The van der Waals surface area contributed by atoms with Crippen molar-refractivity contribution in [3.8, 4) is 0 Å². The van der Waals surface area contributed by atoms with Gasteiger partial charge in [0.05, 0.1) is 26.2 Å². The molecule has 3 N–H and O–H groups in total. The normalized spacial score (nSPS) is 16.4. The monoisotopic (exact) mass is 377 g/mol. The van der Waals surface area contributed by atoms with Crippen LogP contribution in [0.1, 0.15) is 0 Å². The van der Waals surface area contributed by atoms with Gasteiger partial charge in [0.15, 0.2) is 11.4 Å². The number of urea groups is 1. The lowest BCUT2D eigenvalue weighted by Gasteiger charge is -2.31. The highest BCUT2D eigenvalue weighted by Gasteiger charge is 2.34. The van der Waals surface area contributed by atoms with Crippen LogP contribution in [-0.2, 0) is 14.8 Å². The zero-order valence-corrected chi connectivity index (χ0v) is 14.3. The van der Waals surface area contributed by atoms with Crippen molar-refractivity contribution < 1.29 is 31.7 Å². The van der Waals surface area contributed by atoms with Crippen LogP contribution in [0, 0.1) is 11.6 Å². The molecule has 1 aliphatic rings. The molecule has 1 heterocycles. The molecule has 1 aromatic rings. The van der Waals surface area contributed by atoms with E-state index >= 15 is 0 Å². The summed E-state index contributed by atoms with van der Waals surface area (Å²) in [5, 5.41) is 4.37. The van der Waals surface area contributed by atoms with Crippen LogP contribution in [0.2, 0.25) is 0 Å². The first kappa shape index (κ1) is 19.2. The molecule has 2 rings (SSSR count). The number of quaternary nitrogens is 1. The number of halogens is 2. The highest BCUT2D eigenvalue weighted by Crippen LogP contribution is 2.22. The highest BCUT2D eigenvalue weighted by atomic mass is 32.2. The van der Waals surface area contributed by atoms with E-state index in [0.29, 0.717) is 0 Å². The fourth-order valence-corrected chi connectivity index (χ4v) is 4.09. The van der Waals surface area contributed by atoms with Crippen molar-refractivity contribution in [1.82, 2.24) is 14.9 Å². The molecule has 8 nitrogen and oxygen atoms in total. The fourth-order valence-electron chi connectivity index (χ4n) is 2.54. The maximum absolute atomic E-state index is 13.8. The van der Waals surface area contributed by atoms with Crippen LogP contribution in [0.15, 0.2) is 23.1 Å². The van der Waals surface area contributed by atoms with E-state index in [2.05, 4.69) is 10.6 Å². The Morgan fingerprint density at radius 2 is 1.76 bits per heavy atom. The van der Waals surface area contributed by atoms with Crippen LogP contribution < -0.4 is 15.5 Å². The minimum Gasteiger partial charge on any atom is -0.341 e. The summed E-state index contributed by atoms with van der Waals surface area (Å²) >= 11 is 0. The Kier molecular flexibility index (Phi) is 6.03. The maximum Gasteiger partial charge on any atom is 0.321 e. The molecule has 25 heavy (non-hydrogen) atoms. The van der Waals surface area contributed by atoms with Crippen molar-refractivity contribution >= 4 is 22.0 Å². The minimum atomic E-state index is -4.29. The maximum atomic E-state index is 13.8. The van der Waals surface area contributed by atoms with Gasteiger partial charge in [0, 0.05) is 7.05 Å². The summed E-state index contributed by atoms with van der Waals surface area (Å²) in [5.74, 6) is -2.77. The smallest absolute Gasteiger partial charge is 0.321 e. The molecule has 1 aliphatic heterocycles. The molecule has 0 saturated carbocycles. The van der Waals surface area contributed by atoms with Gasteiger partial charge in [0.25, 0.3) is 5.91 Å². The van der Waals surface area contributed by atoms with E-state index < -0.39 is 38.5 Å². The highest BCUT2D eigenvalue weighted by molar-refractivity contribution is 7.89. The lowest BCUT2D eigenvalue weighted by molar-refractivity contribution is -0.895. The summed E-state index contributed by atoms with van der Waals surface area (Å²) in [7, 11) is -2.92. The van der Waals surface area contributed by atoms with Crippen molar-refractivity contribution in [3.63, 3.8) is 0 Å². The number of sulfonamides is 1. The lowest BCUT2D eigenvalue weighted by atomic mass is 10.3. The summed E-state index contributed by atoms with van der Waals surface area (Å²) in [6.45, 7) is 0.569. The Morgan fingerprint density at radius 1 is 1.20 bits per heavy atom. The molecule has 1 fully saturated rings. The molecule has 11 heteroatoms. The number of piperazine rings is 1. The van der Waals surface area contributed by atoms with E-state index in [9.17, 15) is 26.8 Å². The molecule has 1 aromatic carbocycles. The number of benzene rings is 1. The van der Waals surface area contributed by atoms with Crippen molar-refractivity contribution in [2.24, 2.45) is 0 Å². The molecule has 138 valence electrons. The van der Waals surface area contributed by atoms with Gasteiger partial charge in [-0.25, -0.2) is 22.0 Å². The van der Waals surface area contributed by atoms with Gasteiger partial charge in [-0.2, -0.15) is 4.31 Å². The third-order valence-electron chi connectivity index (χ3n) is 3.84. The van der Waals surface area contributed by atoms with Gasteiger partial charge < -0.3 is 10.2 Å². The zero-order chi connectivity index (χ0) is 18.6. The number of carbonyl (C=O) groups is 2. The summed E-state index contributed by atoms with van der Waals surface area (Å²) in [6.07, 6.45) is 0. The Morgan fingerprint density at radius 3 is 2.28 bits per heavy atom. The standard InChI is InChI=1S/C14H18F2N4O4S/c1-17-14(22)18-12(21)9-19-5-7-20(8-6-19)25(23,24)13-10(15)3-2-4-11(13)16/h2-4H,5-9H2,1H3,(H2,17,18,21,22)/p+1. The Balaban J connectivity index is 2.00. The number of nitrogens with one attached hydrogen (secondary N) is 3. The molecule has 1 saturated heterocycles. The molecule has 0 aliphatic carbocycles. The van der Waals surface area contributed by atoms with Gasteiger partial charge in [-0.1, -0.05) is 6.07 Å². The average molecular weight is 377 g/mol. The minimum absolute atomic E-state index is 0.00460. The second-order valence-electron chi connectivity index (χ2n) is 5.51. The number of amides is 3. The van der Waals surface area contributed by atoms with Crippen molar-refractivity contribution in [3.05, 3.63) is 29.8 Å². The van der Waals surface area contributed by atoms with Gasteiger partial charge in [0.2, 0.25) is 10.0 Å². The second kappa shape index (κ2) is 7.85. The van der Waals surface area contributed by atoms with Gasteiger partial charge in [-0.15, -0.1) is 0 Å². The molecule has 0 unspecified atom stereocenters. The SMILES string of the molecule is CNC(=O)NC(=O)C[NH+]1CCN(S(=O)(=O)c2c(F)cccc2F)CC1. The van der Waals surface area contributed by atoms with E-state index in [1.807, 2.05) is 0 Å². The molecule has 0 aromatic heterocycles. The molecule has 0 bridgehead atoms. The Hall–Kier alpha value is -2.11. The number of hydrogen-bond acceptors (Lipinski definition) is 4. The predicted molar refractivity (Wildman–Crippen MR) is 83.3 cm³/mol. The van der Waals surface area contributed by atoms with Crippen LogP contribution in [0.3, 0.4) is 0 Å². The van der Waals surface area contributed by atoms with Gasteiger partial charge >= 0.3 is 6.03 Å². The van der Waals surface area contributed by atoms with E-state index in [4.69, 9.17) is 0 Å². The molecular weight excluding hydrogens is 358 g/mol. The van der Waals surface area contributed by atoms with Crippen LogP contribution in [-0.4, -0.2) is 64.4 Å². The first-order valence-electron chi connectivity index (χ1n) is 7.55. The Bertz CT molecular complexity index is 744. The summed E-state index contributed by atoms with van der Waals surface area (Å²) < 4.78 is 53.4. The van der Waals surface area contributed by atoms with Crippen LogP contribution >= 0.6 is 0 Å². The van der Waals surface area contributed by atoms with Crippen molar-refractivity contribution in [2.75, 3.05) is 39.8 Å². The third-order valence-corrected chi connectivity index (χ3v) is 5.79. The zero-order valence-electron chi connectivity index (χ0n) is 13.5. The topological polar surface area (TPSA) is 100 Å². The number of hydrogen-bond donors (Lipinski definition) is 3. The largest absolute Gasteiger partial charge is 0.341 e. The third kappa shape index (κ3) is 4.50. The summed E-state index contributed by atoms with van der Waals surface area (Å²) in [6, 6.07) is 2.25. The Labute approximate surface area is 143 Å². The average Bonchev–Trinajstić information content (AvgIpc) is 2.54. The van der Waals surface area contributed by atoms with Crippen molar-refractivity contribution in [1.29, 1.82) is 0 Å². The fraction of sp³-hybridized carbons (Fsp3) is 0.429. The van der Waals surface area contributed by atoms with Gasteiger partial charge in [-0.3, -0.25) is 10.1 Å². The number of carbonyl (C=O) groups excluding carboxylic acids is 2. The number of nitrogens with zero attached hydrogens (tertiary/aromatic N) is 1. The van der Waals surface area contributed by atoms with E-state index in [1.165, 1.54) is 7.05 Å². The van der Waals surface area contributed by atoms with E-state index in [0.717, 1.165) is 27.4 Å². The van der Waals surface area contributed by atoms with Crippen molar-refractivity contribution in [2.45, 2.75) is 4.90 Å². The first-order chi connectivity index (χ1) is 11.8. The molecule has 0 spiro atoms. The molecule has 0 radical (unpaired) electrons. The second-order valence-corrected chi connectivity index (χ2v) is 7.38. The van der Waals surface area contributed by atoms with Crippen LogP contribution in [0.4, 0.5) is 13.6 Å².